The van der Waals surface area contributed by atoms with Crippen LogP contribution in [0.5, 0.6) is 0 Å². The van der Waals surface area contributed by atoms with Gasteiger partial charge in [0.2, 0.25) is 5.91 Å². The summed E-state index contributed by atoms with van der Waals surface area (Å²) in [5, 5.41) is 0. The molecule has 0 spiro atoms. The van der Waals surface area contributed by atoms with Crippen molar-refractivity contribution in [1.29, 1.82) is 0 Å². The van der Waals surface area contributed by atoms with E-state index in [1.807, 2.05) is 0 Å². The van der Waals surface area contributed by atoms with Crippen LogP contribution in [-0.4, -0.2) is 25.0 Å². The summed E-state index contributed by atoms with van der Waals surface area (Å²) in [7, 11) is 0. The smallest absolute Gasteiger partial charge is 0.270 e. The van der Waals surface area contributed by atoms with E-state index >= 15 is 0 Å². The minimum Gasteiger partial charge on any atom is -0.312 e. The average Bonchev–Trinajstić information content (AvgIpc) is 2.71. The Bertz CT molecular complexity index is 434. The zero-order chi connectivity index (χ0) is 13.3. The number of hydrogen-bond donors (Lipinski definition) is 0. The summed E-state index contributed by atoms with van der Waals surface area (Å²) in [5.41, 5.74) is 0.394. The molecule has 6 heteroatoms. The average molecular weight is 261 g/mol. The molecule has 18 heavy (non-hydrogen) atoms. The van der Waals surface area contributed by atoms with E-state index in [-0.39, 0.29) is 13.0 Å². The minimum atomic E-state index is -3.16. The third-order valence-corrected chi connectivity index (χ3v) is 3.01. The highest BCUT2D eigenvalue weighted by molar-refractivity contribution is 5.97. The number of rotatable bonds is 3. The highest BCUT2D eigenvalue weighted by Gasteiger charge is 2.42. The lowest BCUT2D eigenvalue weighted by Crippen LogP contribution is -2.33. The first-order valence-corrected chi connectivity index (χ1v) is 5.50. The van der Waals surface area contributed by atoms with E-state index in [9.17, 15) is 22.4 Å². The summed E-state index contributed by atoms with van der Waals surface area (Å²) in [4.78, 5) is 13.0. The third-order valence-electron chi connectivity index (χ3n) is 3.01. The predicted octanol–water partition coefficient (Wildman–Crippen LogP) is 2.78. The number of hydrogen-bond acceptors (Lipinski definition) is 1. The molecule has 0 bridgehead atoms. The van der Waals surface area contributed by atoms with Gasteiger partial charge in [0, 0.05) is 12.2 Å². The number of halogens is 4. The summed E-state index contributed by atoms with van der Waals surface area (Å²) in [6, 6.07) is 5.06. The number of nitrogens with zero attached hydrogens (tertiary/aromatic N) is 1. The fourth-order valence-electron chi connectivity index (χ4n) is 2.05. The number of carbonyl (C=O) groups is 1. The Morgan fingerprint density at radius 2 is 1.78 bits per heavy atom. The first kappa shape index (κ1) is 12.9. The van der Waals surface area contributed by atoms with Crippen LogP contribution < -0.4 is 4.90 Å². The van der Waals surface area contributed by atoms with Crippen LogP contribution in [0.2, 0.25) is 0 Å². The zero-order valence-corrected chi connectivity index (χ0v) is 9.32. The maximum atomic E-state index is 13.2. The van der Waals surface area contributed by atoms with E-state index in [0.29, 0.717) is 5.69 Å². The minimum absolute atomic E-state index is 0.0434. The number of benzene rings is 1. The van der Waals surface area contributed by atoms with Gasteiger partial charge in [-0.3, -0.25) is 4.79 Å². The fourth-order valence-corrected chi connectivity index (χ4v) is 2.05. The highest BCUT2D eigenvalue weighted by atomic mass is 19.3. The van der Waals surface area contributed by atoms with Gasteiger partial charge in [-0.1, -0.05) is 0 Å². The van der Waals surface area contributed by atoms with Gasteiger partial charge in [0.1, 0.15) is 5.82 Å². The Morgan fingerprint density at radius 3 is 2.33 bits per heavy atom. The van der Waals surface area contributed by atoms with E-state index in [1.54, 1.807) is 0 Å². The van der Waals surface area contributed by atoms with Crippen LogP contribution in [0.4, 0.5) is 23.2 Å². The standard InChI is InChI=1S/C12H11F4NO/c13-7-1-3-8(4-2-7)17-6-5-9(12(17)18)10(14)11(15)16/h1-4,9-11H,5-6H2. The summed E-state index contributed by atoms with van der Waals surface area (Å²) < 4.78 is 50.4. The van der Waals surface area contributed by atoms with Gasteiger partial charge < -0.3 is 4.90 Å². The molecule has 2 atom stereocenters. The third kappa shape index (κ3) is 2.32. The van der Waals surface area contributed by atoms with Crippen molar-refractivity contribution >= 4 is 11.6 Å². The van der Waals surface area contributed by atoms with Crippen molar-refractivity contribution in [3.8, 4) is 0 Å². The lowest BCUT2D eigenvalue weighted by molar-refractivity contribution is -0.124. The largest absolute Gasteiger partial charge is 0.312 e. The summed E-state index contributed by atoms with van der Waals surface area (Å²) >= 11 is 0. The van der Waals surface area contributed by atoms with Crippen LogP contribution in [-0.2, 0) is 4.79 Å². The molecule has 1 saturated heterocycles. The molecular weight excluding hydrogens is 250 g/mol. The number of alkyl halides is 3. The molecule has 0 radical (unpaired) electrons. The van der Waals surface area contributed by atoms with E-state index in [1.165, 1.54) is 17.0 Å². The van der Waals surface area contributed by atoms with Gasteiger partial charge in [-0.2, -0.15) is 0 Å². The normalized spacial score (nSPS) is 21.7. The van der Waals surface area contributed by atoms with E-state index in [0.717, 1.165) is 12.1 Å². The Kier molecular flexibility index (Phi) is 3.54. The Labute approximate surface area is 101 Å². The van der Waals surface area contributed by atoms with Crippen LogP contribution in [0.1, 0.15) is 6.42 Å². The van der Waals surface area contributed by atoms with Gasteiger partial charge in [0.25, 0.3) is 6.43 Å². The Morgan fingerprint density at radius 1 is 1.17 bits per heavy atom. The Hall–Kier alpha value is -1.59. The molecule has 1 heterocycles. The molecular formula is C12H11F4NO. The van der Waals surface area contributed by atoms with Crippen molar-refractivity contribution in [1.82, 2.24) is 0 Å². The maximum Gasteiger partial charge on any atom is 0.270 e. The molecule has 2 rings (SSSR count). The van der Waals surface area contributed by atoms with Crippen LogP contribution in [0, 0.1) is 11.7 Å². The van der Waals surface area contributed by atoms with Crippen molar-refractivity contribution in [2.45, 2.75) is 19.0 Å². The predicted molar refractivity (Wildman–Crippen MR) is 57.8 cm³/mol. The van der Waals surface area contributed by atoms with Gasteiger partial charge in [-0.05, 0) is 30.7 Å². The maximum absolute atomic E-state index is 13.2. The summed E-state index contributed by atoms with van der Waals surface area (Å²) in [6.45, 7) is 0.169. The molecule has 0 aromatic heterocycles. The second kappa shape index (κ2) is 4.96. The van der Waals surface area contributed by atoms with Gasteiger partial charge in [-0.25, -0.2) is 17.6 Å². The van der Waals surface area contributed by atoms with Crippen LogP contribution in [0.3, 0.4) is 0 Å². The molecule has 1 aromatic carbocycles. The molecule has 0 N–H and O–H groups in total. The van der Waals surface area contributed by atoms with Gasteiger partial charge in [0.05, 0.1) is 5.92 Å². The van der Waals surface area contributed by atoms with Crippen LogP contribution in [0.15, 0.2) is 24.3 Å². The molecule has 0 aliphatic carbocycles. The number of anilines is 1. The molecule has 1 aromatic rings. The molecule has 0 saturated carbocycles. The fraction of sp³-hybridized carbons (Fsp3) is 0.417. The van der Waals surface area contributed by atoms with Gasteiger partial charge >= 0.3 is 0 Å². The van der Waals surface area contributed by atoms with Crippen molar-refractivity contribution in [2.24, 2.45) is 5.92 Å². The molecule has 2 nitrogen and oxygen atoms in total. The molecule has 1 aliphatic heterocycles. The van der Waals surface area contributed by atoms with Crippen LogP contribution >= 0.6 is 0 Å². The summed E-state index contributed by atoms with van der Waals surface area (Å²) in [5.74, 6) is -2.44. The molecule has 1 amide bonds. The monoisotopic (exact) mass is 261 g/mol. The number of amides is 1. The molecule has 1 fully saturated rings. The van der Waals surface area contributed by atoms with E-state index in [2.05, 4.69) is 0 Å². The lowest BCUT2D eigenvalue weighted by Gasteiger charge is -2.18. The SMILES string of the molecule is O=C1C(C(F)C(F)F)CCN1c1ccc(F)cc1. The van der Waals surface area contributed by atoms with Gasteiger partial charge in [-0.15, -0.1) is 0 Å². The molecule has 1 aliphatic rings. The van der Waals surface area contributed by atoms with Crippen LogP contribution in [0.25, 0.3) is 0 Å². The van der Waals surface area contributed by atoms with E-state index < -0.39 is 30.2 Å². The zero-order valence-electron chi connectivity index (χ0n) is 9.32. The van der Waals surface area contributed by atoms with Crippen molar-refractivity contribution in [3.63, 3.8) is 0 Å². The number of carbonyl (C=O) groups excluding carboxylic acids is 1. The highest BCUT2D eigenvalue weighted by Crippen LogP contribution is 2.30. The topological polar surface area (TPSA) is 20.3 Å². The van der Waals surface area contributed by atoms with E-state index in [4.69, 9.17) is 0 Å². The Balaban J connectivity index is 2.14. The first-order valence-electron chi connectivity index (χ1n) is 5.50. The summed E-state index contributed by atoms with van der Waals surface area (Å²) in [6.07, 6.45) is -5.56. The second-order valence-electron chi connectivity index (χ2n) is 4.14. The first-order chi connectivity index (χ1) is 8.50. The molecule has 2 unspecified atom stereocenters. The van der Waals surface area contributed by atoms with Crippen molar-refractivity contribution in [3.05, 3.63) is 30.1 Å². The second-order valence-corrected chi connectivity index (χ2v) is 4.14. The van der Waals surface area contributed by atoms with Gasteiger partial charge in [0.15, 0.2) is 6.17 Å². The van der Waals surface area contributed by atoms with Crippen molar-refractivity contribution in [2.75, 3.05) is 11.4 Å². The van der Waals surface area contributed by atoms with Crippen molar-refractivity contribution < 1.29 is 22.4 Å². The quantitative estimate of drug-likeness (QED) is 0.766. The lowest BCUT2D eigenvalue weighted by atomic mass is 10.0. The molecule has 98 valence electrons.